The number of carbonyl (C=O) groups is 1. The second-order valence-electron chi connectivity index (χ2n) is 6.12. The lowest BCUT2D eigenvalue weighted by molar-refractivity contribution is -0.0482. The predicted octanol–water partition coefficient (Wildman–Crippen LogP) is -0.437. The van der Waals surface area contributed by atoms with Gasteiger partial charge in [0.25, 0.3) is 5.91 Å². The summed E-state index contributed by atoms with van der Waals surface area (Å²) in [5.41, 5.74) is 0.404. The van der Waals surface area contributed by atoms with E-state index in [9.17, 15) is 4.79 Å². The molecule has 1 aromatic heterocycles. The van der Waals surface area contributed by atoms with Gasteiger partial charge in [0.05, 0.1) is 24.9 Å². The van der Waals surface area contributed by atoms with Gasteiger partial charge in [-0.1, -0.05) is 0 Å². The molecule has 0 radical (unpaired) electrons. The minimum absolute atomic E-state index is 0.0568. The molecule has 0 N–H and O–H groups in total. The Balaban J connectivity index is 1.65. The highest BCUT2D eigenvalue weighted by molar-refractivity contribution is 5.92. The molecule has 0 bridgehead atoms. The highest BCUT2D eigenvalue weighted by Gasteiger charge is 2.41. The van der Waals surface area contributed by atoms with Crippen LogP contribution >= 0.6 is 0 Å². The van der Waals surface area contributed by atoms with Gasteiger partial charge in [0, 0.05) is 45.1 Å². The fraction of sp³-hybridized carbons (Fsp3) is 0.667. The van der Waals surface area contributed by atoms with Crippen molar-refractivity contribution >= 4 is 5.91 Å². The lowest BCUT2D eigenvalue weighted by atomic mass is 10.1. The van der Waals surface area contributed by atoms with Gasteiger partial charge in [0.1, 0.15) is 5.69 Å². The Morgan fingerprint density at radius 2 is 2.27 bits per heavy atom. The predicted molar refractivity (Wildman–Crippen MR) is 81.6 cm³/mol. The van der Waals surface area contributed by atoms with Gasteiger partial charge in [0.15, 0.2) is 0 Å². The molecule has 0 spiro atoms. The number of fused-ring (bicyclic) bond motifs is 1. The molecule has 22 heavy (non-hydrogen) atoms. The molecule has 0 aliphatic carbocycles. The molecule has 3 rings (SSSR count). The number of ether oxygens (including phenoxy) is 1. The number of morpholine rings is 1. The second-order valence-corrected chi connectivity index (χ2v) is 6.12. The first-order valence-corrected chi connectivity index (χ1v) is 7.71. The third-order valence-corrected chi connectivity index (χ3v) is 4.32. The lowest BCUT2D eigenvalue weighted by Crippen LogP contribution is -2.52. The summed E-state index contributed by atoms with van der Waals surface area (Å²) in [5, 5.41) is 0. The van der Waals surface area contributed by atoms with Crippen LogP contribution in [0.2, 0.25) is 0 Å². The average molecular weight is 305 g/mol. The Morgan fingerprint density at radius 1 is 1.41 bits per heavy atom. The van der Waals surface area contributed by atoms with E-state index < -0.39 is 0 Å². The molecule has 1 amide bonds. The van der Waals surface area contributed by atoms with Crippen molar-refractivity contribution in [3.63, 3.8) is 0 Å². The third kappa shape index (κ3) is 3.26. The summed E-state index contributed by atoms with van der Waals surface area (Å²) in [5.74, 6) is -0.0568. The molecule has 0 saturated carbocycles. The Kier molecular flexibility index (Phi) is 4.66. The van der Waals surface area contributed by atoms with Crippen molar-refractivity contribution in [2.45, 2.75) is 12.1 Å². The summed E-state index contributed by atoms with van der Waals surface area (Å²) in [6.07, 6.45) is 4.76. The number of hydrogen-bond donors (Lipinski definition) is 0. The third-order valence-electron chi connectivity index (χ3n) is 4.32. The van der Waals surface area contributed by atoms with Crippen LogP contribution in [0.25, 0.3) is 0 Å². The number of likely N-dealkylation sites (N-methyl/N-ethyl adjacent to an activating group) is 1. The zero-order valence-electron chi connectivity index (χ0n) is 13.2. The van der Waals surface area contributed by atoms with Crippen LogP contribution in [0, 0.1) is 0 Å². The van der Waals surface area contributed by atoms with E-state index in [-0.39, 0.29) is 18.1 Å². The molecule has 0 unspecified atom stereocenters. The maximum atomic E-state index is 12.5. The van der Waals surface area contributed by atoms with E-state index in [0.29, 0.717) is 18.8 Å². The summed E-state index contributed by atoms with van der Waals surface area (Å²) in [6.45, 7) is 5.03. The Bertz CT molecular complexity index is 510. The number of hydrogen-bond acceptors (Lipinski definition) is 6. The summed E-state index contributed by atoms with van der Waals surface area (Å²) >= 11 is 0. The van der Waals surface area contributed by atoms with E-state index in [2.05, 4.69) is 33.9 Å². The topological polar surface area (TPSA) is 61.8 Å². The fourth-order valence-corrected chi connectivity index (χ4v) is 3.10. The first kappa shape index (κ1) is 15.3. The average Bonchev–Trinajstić information content (AvgIpc) is 2.97. The molecule has 2 fully saturated rings. The number of amides is 1. The Hall–Kier alpha value is -1.57. The van der Waals surface area contributed by atoms with Crippen LogP contribution < -0.4 is 0 Å². The van der Waals surface area contributed by atoms with Crippen molar-refractivity contribution in [3.8, 4) is 0 Å². The normalized spacial score (nSPS) is 25.5. The quantitative estimate of drug-likeness (QED) is 0.752. The molecular weight excluding hydrogens is 282 g/mol. The van der Waals surface area contributed by atoms with Gasteiger partial charge >= 0.3 is 0 Å². The van der Waals surface area contributed by atoms with Crippen molar-refractivity contribution in [1.29, 1.82) is 0 Å². The van der Waals surface area contributed by atoms with E-state index >= 15 is 0 Å². The van der Waals surface area contributed by atoms with E-state index in [1.165, 1.54) is 6.20 Å². The van der Waals surface area contributed by atoms with Crippen molar-refractivity contribution in [3.05, 3.63) is 24.3 Å². The molecule has 0 aromatic carbocycles. The number of aromatic nitrogens is 2. The minimum atomic E-state index is -0.0568. The van der Waals surface area contributed by atoms with Crippen LogP contribution in [-0.4, -0.2) is 96.1 Å². The minimum Gasteiger partial charge on any atom is -0.373 e. The summed E-state index contributed by atoms with van der Waals surface area (Å²) in [7, 11) is 4.16. The molecule has 1 aromatic rings. The van der Waals surface area contributed by atoms with Crippen LogP contribution in [0.15, 0.2) is 18.6 Å². The zero-order valence-corrected chi connectivity index (χ0v) is 13.2. The summed E-state index contributed by atoms with van der Waals surface area (Å²) in [6, 6.07) is 0.286. The largest absolute Gasteiger partial charge is 0.373 e. The van der Waals surface area contributed by atoms with Gasteiger partial charge in [-0.15, -0.1) is 0 Å². The number of likely N-dealkylation sites (tertiary alicyclic amines) is 1. The Morgan fingerprint density at radius 3 is 3.00 bits per heavy atom. The van der Waals surface area contributed by atoms with Gasteiger partial charge < -0.3 is 14.5 Å². The first-order chi connectivity index (χ1) is 10.6. The van der Waals surface area contributed by atoms with Crippen molar-refractivity contribution in [2.24, 2.45) is 0 Å². The molecular formula is C15H23N5O2. The van der Waals surface area contributed by atoms with E-state index in [0.717, 1.165) is 26.2 Å². The molecule has 7 heteroatoms. The Labute approximate surface area is 130 Å². The maximum Gasteiger partial charge on any atom is 0.274 e. The highest BCUT2D eigenvalue weighted by atomic mass is 16.5. The first-order valence-electron chi connectivity index (χ1n) is 7.71. The molecule has 2 aliphatic rings. The summed E-state index contributed by atoms with van der Waals surface area (Å²) in [4.78, 5) is 27.0. The van der Waals surface area contributed by atoms with Crippen LogP contribution in [0.4, 0.5) is 0 Å². The number of carbonyl (C=O) groups excluding carboxylic acids is 1. The van der Waals surface area contributed by atoms with Gasteiger partial charge in [0.2, 0.25) is 0 Å². The standard InChI is InChI=1S/C15H23N5O2/c1-18(2)5-6-19-7-8-22-14-11-20(10-13(14)19)15(21)12-9-16-3-4-17-12/h3-4,9,13-14H,5-8,10-11H2,1-2H3/t13-,14+/m1/s1. The SMILES string of the molecule is CN(C)CCN1CCO[C@H]2CN(C(=O)c3cnccn3)C[C@H]21. The van der Waals surface area contributed by atoms with Crippen LogP contribution in [0.5, 0.6) is 0 Å². The zero-order chi connectivity index (χ0) is 15.5. The van der Waals surface area contributed by atoms with Gasteiger partial charge in [-0.3, -0.25) is 14.7 Å². The fourth-order valence-electron chi connectivity index (χ4n) is 3.10. The van der Waals surface area contributed by atoms with Gasteiger partial charge in [-0.05, 0) is 14.1 Å². The highest BCUT2D eigenvalue weighted by Crippen LogP contribution is 2.23. The van der Waals surface area contributed by atoms with Crippen molar-refractivity contribution in [2.75, 3.05) is 53.4 Å². The molecule has 2 atom stereocenters. The van der Waals surface area contributed by atoms with Crippen LogP contribution in [0.3, 0.4) is 0 Å². The molecule has 2 aliphatic heterocycles. The van der Waals surface area contributed by atoms with E-state index in [1.54, 1.807) is 12.4 Å². The molecule has 3 heterocycles. The molecule has 2 saturated heterocycles. The lowest BCUT2D eigenvalue weighted by Gasteiger charge is -2.37. The van der Waals surface area contributed by atoms with E-state index in [1.807, 2.05) is 4.90 Å². The smallest absolute Gasteiger partial charge is 0.274 e. The number of nitrogens with zero attached hydrogens (tertiary/aromatic N) is 5. The van der Waals surface area contributed by atoms with Gasteiger partial charge in [-0.25, -0.2) is 4.98 Å². The second kappa shape index (κ2) is 6.68. The van der Waals surface area contributed by atoms with E-state index in [4.69, 9.17) is 4.74 Å². The molecule has 120 valence electrons. The molecule has 7 nitrogen and oxygen atoms in total. The van der Waals surface area contributed by atoms with Crippen molar-refractivity contribution in [1.82, 2.24) is 24.7 Å². The van der Waals surface area contributed by atoms with Gasteiger partial charge in [-0.2, -0.15) is 0 Å². The van der Waals surface area contributed by atoms with Crippen LogP contribution in [0.1, 0.15) is 10.5 Å². The maximum absolute atomic E-state index is 12.5. The summed E-state index contributed by atoms with van der Waals surface area (Å²) < 4.78 is 5.87. The van der Waals surface area contributed by atoms with Crippen LogP contribution in [-0.2, 0) is 4.74 Å². The van der Waals surface area contributed by atoms with Crippen molar-refractivity contribution < 1.29 is 9.53 Å². The monoisotopic (exact) mass is 305 g/mol. The number of rotatable bonds is 4.